The van der Waals surface area contributed by atoms with Gasteiger partial charge < -0.3 is 14.3 Å². The molecule has 4 aromatic rings. The molecule has 1 aromatic carbocycles. The van der Waals surface area contributed by atoms with Gasteiger partial charge in [-0.1, -0.05) is 0 Å². The van der Waals surface area contributed by atoms with Crippen LogP contribution in [-0.4, -0.2) is 27.0 Å². The Morgan fingerprint density at radius 2 is 1.93 bits per heavy atom. The van der Waals surface area contributed by atoms with Gasteiger partial charge in [0, 0.05) is 30.7 Å². The van der Waals surface area contributed by atoms with Gasteiger partial charge >= 0.3 is 0 Å². The van der Waals surface area contributed by atoms with E-state index in [1.807, 2.05) is 6.92 Å². The number of pyridine rings is 2. The van der Waals surface area contributed by atoms with Crippen LogP contribution in [-0.2, 0) is 5.54 Å². The fourth-order valence-corrected chi connectivity index (χ4v) is 4.27. The average molecular weight is 394 g/mol. The Bertz CT molecular complexity index is 1330. The molecule has 0 aliphatic carbocycles. The summed E-state index contributed by atoms with van der Waals surface area (Å²) in [5, 5.41) is 3.81. The van der Waals surface area contributed by atoms with Crippen molar-refractivity contribution in [3.05, 3.63) is 70.5 Å². The minimum Gasteiger partial charge on any atom is -0.314 e. The van der Waals surface area contributed by atoms with Gasteiger partial charge in [-0.3, -0.25) is 4.79 Å². The largest absolute Gasteiger partial charge is 0.314 e. The normalized spacial score (nSPS) is 19.4. The van der Waals surface area contributed by atoms with E-state index in [2.05, 4.69) is 10.3 Å². The van der Waals surface area contributed by atoms with Crippen LogP contribution in [0.5, 0.6) is 0 Å². The first kappa shape index (κ1) is 18.0. The van der Waals surface area contributed by atoms with Crippen molar-refractivity contribution in [3.63, 3.8) is 0 Å². The van der Waals surface area contributed by atoms with Crippen LogP contribution in [0.3, 0.4) is 0 Å². The fourth-order valence-electron chi connectivity index (χ4n) is 4.27. The highest BCUT2D eigenvalue weighted by Gasteiger charge is 2.31. The number of hydrogen-bond acceptors (Lipinski definition) is 3. The van der Waals surface area contributed by atoms with Gasteiger partial charge in [0.2, 0.25) is 0 Å². The molecule has 7 heteroatoms. The van der Waals surface area contributed by atoms with E-state index in [4.69, 9.17) is 0 Å². The number of aromatic nitrogens is 3. The third-order valence-corrected chi connectivity index (χ3v) is 5.84. The molecule has 0 radical (unpaired) electrons. The number of fused-ring (bicyclic) bond motifs is 2. The van der Waals surface area contributed by atoms with Crippen molar-refractivity contribution >= 4 is 16.4 Å². The van der Waals surface area contributed by atoms with Crippen molar-refractivity contribution in [2.45, 2.75) is 25.8 Å². The van der Waals surface area contributed by atoms with Crippen molar-refractivity contribution in [2.75, 3.05) is 13.1 Å². The zero-order valence-electron chi connectivity index (χ0n) is 16.2. The molecule has 5 nitrogen and oxygen atoms in total. The first-order valence-corrected chi connectivity index (χ1v) is 9.57. The molecule has 148 valence electrons. The van der Waals surface area contributed by atoms with Crippen LogP contribution in [0.4, 0.5) is 8.78 Å². The summed E-state index contributed by atoms with van der Waals surface area (Å²) in [5.74, 6) is -1.08. The molecule has 0 spiro atoms. The third kappa shape index (κ3) is 2.76. The highest BCUT2D eigenvalue weighted by Crippen LogP contribution is 2.29. The standard InChI is InChI=1S/C22H20F2N4O/c1-13-10-27-11-16(9-18(24)20(27)26-13)15-7-14-3-6-28(22(2)4-5-25-12-22)21(29)19(14)17(23)8-15/h3,6-11,25H,4-5,12H2,1-2H3. The average Bonchev–Trinajstić information content (AvgIpc) is 3.27. The van der Waals surface area contributed by atoms with E-state index in [0.717, 1.165) is 13.0 Å². The van der Waals surface area contributed by atoms with Gasteiger partial charge in [-0.25, -0.2) is 13.8 Å². The lowest BCUT2D eigenvalue weighted by Crippen LogP contribution is -2.40. The minimum absolute atomic E-state index is 0.0596. The Hall–Kier alpha value is -3.06. The first-order chi connectivity index (χ1) is 13.9. The topological polar surface area (TPSA) is 51.3 Å². The fraction of sp³-hybridized carbons (Fsp3) is 0.273. The minimum atomic E-state index is -0.603. The number of nitrogens with one attached hydrogen (secondary N) is 1. The van der Waals surface area contributed by atoms with E-state index in [9.17, 15) is 9.18 Å². The number of halogens is 2. The highest BCUT2D eigenvalue weighted by molar-refractivity contribution is 5.87. The summed E-state index contributed by atoms with van der Waals surface area (Å²) in [5.41, 5.74) is 1.24. The van der Waals surface area contributed by atoms with Crippen LogP contribution in [0, 0.1) is 18.6 Å². The molecule has 1 fully saturated rings. The zero-order chi connectivity index (χ0) is 20.3. The van der Waals surface area contributed by atoms with Gasteiger partial charge in [-0.15, -0.1) is 0 Å². The predicted molar refractivity (Wildman–Crippen MR) is 108 cm³/mol. The van der Waals surface area contributed by atoms with Crippen molar-refractivity contribution in [3.8, 4) is 11.1 Å². The van der Waals surface area contributed by atoms with Crippen molar-refractivity contribution in [1.29, 1.82) is 0 Å². The van der Waals surface area contributed by atoms with E-state index < -0.39 is 11.6 Å². The van der Waals surface area contributed by atoms with Crippen molar-refractivity contribution < 1.29 is 8.78 Å². The van der Waals surface area contributed by atoms with Crippen LogP contribution >= 0.6 is 0 Å². The lowest BCUT2D eigenvalue weighted by atomic mass is 9.99. The van der Waals surface area contributed by atoms with Gasteiger partial charge in [0.15, 0.2) is 11.5 Å². The summed E-state index contributed by atoms with van der Waals surface area (Å²) in [6.45, 7) is 5.27. The van der Waals surface area contributed by atoms with Crippen LogP contribution in [0.1, 0.15) is 19.0 Å². The summed E-state index contributed by atoms with van der Waals surface area (Å²) in [7, 11) is 0. The van der Waals surface area contributed by atoms with Gasteiger partial charge in [-0.05, 0) is 62.0 Å². The molecule has 1 aliphatic heterocycles. The molecule has 4 heterocycles. The second-order valence-corrected chi connectivity index (χ2v) is 8.03. The van der Waals surface area contributed by atoms with Crippen LogP contribution < -0.4 is 10.9 Å². The second kappa shape index (κ2) is 6.22. The Balaban J connectivity index is 1.69. The first-order valence-electron chi connectivity index (χ1n) is 9.57. The molecule has 0 amide bonds. The summed E-state index contributed by atoms with van der Waals surface area (Å²) >= 11 is 0. The van der Waals surface area contributed by atoms with Gasteiger partial charge in [0.05, 0.1) is 16.6 Å². The lowest BCUT2D eigenvalue weighted by Gasteiger charge is -2.26. The molecule has 5 rings (SSSR count). The summed E-state index contributed by atoms with van der Waals surface area (Å²) in [6, 6.07) is 6.12. The zero-order valence-corrected chi connectivity index (χ0v) is 16.2. The molecular formula is C22H20F2N4O. The van der Waals surface area contributed by atoms with E-state index in [-0.39, 0.29) is 22.1 Å². The maximum absolute atomic E-state index is 15.1. The number of rotatable bonds is 2. The molecule has 1 atom stereocenters. The molecule has 1 unspecified atom stereocenters. The molecule has 29 heavy (non-hydrogen) atoms. The smallest absolute Gasteiger partial charge is 0.261 e. The van der Waals surface area contributed by atoms with Gasteiger partial charge in [0.25, 0.3) is 5.56 Å². The predicted octanol–water partition coefficient (Wildman–Crippen LogP) is 3.61. The Morgan fingerprint density at radius 1 is 1.14 bits per heavy atom. The van der Waals surface area contributed by atoms with E-state index >= 15 is 4.39 Å². The molecule has 1 aliphatic rings. The van der Waals surface area contributed by atoms with Gasteiger partial charge in [0.1, 0.15) is 5.82 Å². The number of benzene rings is 1. The van der Waals surface area contributed by atoms with E-state index in [1.54, 1.807) is 46.6 Å². The molecule has 1 saturated heterocycles. The SMILES string of the molecule is Cc1cn2cc(-c3cc(F)c4c(=O)n(C5(C)CCNC5)ccc4c3)cc(F)c2n1. The van der Waals surface area contributed by atoms with Gasteiger partial charge in [-0.2, -0.15) is 0 Å². The second-order valence-electron chi connectivity index (χ2n) is 8.03. The monoisotopic (exact) mass is 394 g/mol. The van der Waals surface area contributed by atoms with E-state index in [0.29, 0.717) is 28.8 Å². The molecule has 3 aromatic heterocycles. The van der Waals surface area contributed by atoms with Crippen molar-refractivity contribution in [2.24, 2.45) is 0 Å². The Kier molecular flexibility index (Phi) is 3.86. The summed E-state index contributed by atoms with van der Waals surface area (Å²) in [6.07, 6.45) is 5.96. The molecular weight excluding hydrogens is 374 g/mol. The number of hydrogen-bond donors (Lipinski definition) is 1. The Labute approximate surface area is 165 Å². The summed E-state index contributed by atoms with van der Waals surface area (Å²) in [4.78, 5) is 17.2. The third-order valence-electron chi connectivity index (χ3n) is 5.84. The summed E-state index contributed by atoms with van der Waals surface area (Å²) < 4.78 is 32.7. The number of nitrogens with zero attached hydrogens (tertiary/aromatic N) is 3. The molecule has 0 saturated carbocycles. The van der Waals surface area contributed by atoms with Crippen molar-refractivity contribution in [1.82, 2.24) is 19.3 Å². The molecule has 1 N–H and O–H groups in total. The lowest BCUT2D eigenvalue weighted by molar-refractivity contribution is 0.345. The Morgan fingerprint density at radius 3 is 2.69 bits per heavy atom. The van der Waals surface area contributed by atoms with Crippen LogP contribution in [0.2, 0.25) is 0 Å². The van der Waals surface area contributed by atoms with E-state index in [1.165, 1.54) is 12.1 Å². The quantitative estimate of drug-likeness (QED) is 0.565. The molecule has 0 bridgehead atoms. The highest BCUT2D eigenvalue weighted by atomic mass is 19.1. The maximum Gasteiger partial charge on any atom is 0.261 e. The van der Waals surface area contributed by atoms with Crippen LogP contribution in [0.15, 0.2) is 47.7 Å². The number of aryl methyl sites for hydroxylation is 1. The van der Waals surface area contributed by atoms with Crippen LogP contribution in [0.25, 0.3) is 27.5 Å². The number of imidazole rings is 1. The maximum atomic E-state index is 15.1.